The third kappa shape index (κ3) is 53.1. The first kappa shape index (κ1) is 64.1. The Balaban J connectivity index is 3.48. The van der Waals surface area contributed by atoms with Gasteiger partial charge in [-0.25, -0.2) is 0 Å². The van der Waals surface area contributed by atoms with E-state index in [-0.39, 0.29) is 12.5 Å². The highest BCUT2D eigenvalue weighted by Gasteiger charge is 2.18. The molecule has 66 heavy (non-hydrogen) atoms. The lowest BCUT2D eigenvalue weighted by atomic mass is 10.0. The number of amides is 1. The Hall–Kier alpha value is -1.91. The minimum absolute atomic E-state index is 0.0624. The van der Waals surface area contributed by atoms with Gasteiger partial charge in [-0.2, -0.15) is 0 Å². The first-order valence-electron chi connectivity index (χ1n) is 29.5. The predicted molar refractivity (Wildman–Crippen MR) is 294 cm³/mol. The van der Waals surface area contributed by atoms with Crippen LogP contribution in [0.1, 0.15) is 309 Å². The van der Waals surface area contributed by atoms with E-state index >= 15 is 0 Å². The monoisotopic (exact) mass is 922 g/mol. The SMILES string of the molecule is CC/C=C\C/C=C\C/C=C\C/C=C\CCCCCCCCCCCCCCCCC(=O)NC(CO)C(O)/C=C/CCCCCCCCCCCCCCCCCCCCCCCCCCC. The lowest BCUT2D eigenvalue weighted by Crippen LogP contribution is -2.45. The predicted octanol–water partition coefficient (Wildman–Crippen LogP) is 19.6. The summed E-state index contributed by atoms with van der Waals surface area (Å²) in [5.41, 5.74) is 0. The van der Waals surface area contributed by atoms with Crippen LogP contribution in [0.25, 0.3) is 0 Å². The van der Waals surface area contributed by atoms with Crippen LogP contribution in [0.2, 0.25) is 0 Å². The summed E-state index contributed by atoms with van der Waals surface area (Å²) in [5.74, 6) is -0.0624. The number of aliphatic hydroxyl groups excluding tert-OH is 2. The van der Waals surface area contributed by atoms with Gasteiger partial charge in [0.1, 0.15) is 0 Å². The Morgan fingerprint density at radius 3 is 1.00 bits per heavy atom. The number of unbranched alkanes of at least 4 members (excludes halogenated alkanes) is 39. The van der Waals surface area contributed by atoms with Gasteiger partial charge in [-0.1, -0.05) is 306 Å². The lowest BCUT2D eigenvalue weighted by molar-refractivity contribution is -0.123. The third-order valence-corrected chi connectivity index (χ3v) is 13.5. The second kappa shape index (κ2) is 57.4. The molecule has 4 heteroatoms. The number of hydrogen-bond donors (Lipinski definition) is 3. The molecule has 386 valence electrons. The molecule has 0 saturated carbocycles. The fraction of sp³-hybridized carbons (Fsp3) is 0.823. The number of aliphatic hydroxyl groups is 2. The smallest absolute Gasteiger partial charge is 0.220 e. The maximum Gasteiger partial charge on any atom is 0.220 e. The topological polar surface area (TPSA) is 69.6 Å². The quantitative estimate of drug-likeness (QED) is 0.0420. The van der Waals surface area contributed by atoms with Crippen LogP contribution in [-0.4, -0.2) is 34.9 Å². The van der Waals surface area contributed by atoms with Crippen molar-refractivity contribution >= 4 is 5.91 Å². The Labute approximate surface area is 413 Å². The van der Waals surface area contributed by atoms with Crippen molar-refractivity contribution in [2.45, 2.75) is 321 Å². The third-order valence-electron chi connectivity index (χ3n) is 13.5. The molecule has 0 heterocycles. The van der Waals surface area contributed by atoms with Gasteiger partial charge in [0.25, 0.3) is 0 Å². The van der Waals surface area contributed by atoms with Crippen molar-refractivity contribution in [3.63, 3.8) is 0 Å². The van der Waals surface area contributed by atoms with Gasteiger partial charge in [-0.15, -0.1) is 0 Å². The summed E-state index contributed by atoms with van der Waals surface area (Å²) in [7, 11) is 0. The Bertz CT molecular complexity index is 1090. The molecule has 0 fully saturated rings. The fourth-order valence-corrected chi connectivity index (χ4v) is 9.06. The minimum Gasteiger partial charge on any atom is -0.394 e. The molecule has 0 aliphatic carbocycles. The molecule has 0 saturated heterocycles. The summed E-state index contributed by atoms with van der Waals surface area (Å²) in [6.45, 7) is 4.23. The van der Waals surface area contributed by atoms with E-state index in [0.29, 0.717) is 6.42 Å². The Morgan fingerprint density at radius 1 is 0.379 bits per heavy atom. The summed E-state index contributed by atoms with van der Waals surface area (Å²) in [6, 6.07) is -0.626. The van der Waals surface area contributed by atoms with E-state index in [1.54, 1.807) is 6.08 Å². The van der Waals surface area contributed by atoms with Gasteiger partial charge in [0.2, 0.25) is 5.91 Å². The molecule has 0 aromatic rings. The number of carbonyl (C=O) groups excluding carboxylic acids is 1. The molecule has 0 radical (unpaired) electrons. The van der Waals surface area contributed by atoms with Crippen molar-refractivity contribution in [3.8, 4) is 0 Å². The zero-order chi connectivity index (χ0) is 47.7. The summed E-state index contributed by atoms with van der Waals surface area (Å²) in [6.07, 6.45) is 81.1. The molecule has 0 aliphatic rings. The van der Waals surface area contributed by atoms with Crippen molar-refractivity contribution in [2.24, 2.45) is 0 Å². The highest BCUT2D eigenvalue weighted by atomic mass is 16.3. The van der Waals surface area contributed by atoms with Gasteiger partial charge in [0.05, 0.1) is 18.8 Å². The standard InChI is InChI=1S/C62H115NO3/c1-3-5-7-9-11-13-15-17-19-21-23-25-27-29-31-33-35-37-39-41-43-45-47-49-51-53-55-57-61(65)60(59-64)63-62(66)58-56-54-52-50-48-46-44-42-40-38-36-34-32-30-28-26-24-22-20-18-16-14-12-10-8-6-4-2/h6,8,12,14,18,20,24,26,55,57,60-61,64-65H,3-5,7,9-11,13,15-17,19,21-23,25,27-54,56,58-59H2,1-2H3,(H,63,66)/b8-6-,14-12-,20-18-,26-24-,57-55+. The Kier molecular flexibility index (Phi) is 55.7. The number of nitrogens with one attached hydrogen (secondary N) is 1. The van der Waals surface area contributed by atoms with Gasteiger partial charge >= 0.3 is 0 Å². The average Bonchev–Trinajstić information content (AvgIpc) is 3.32. The molecule has 0 spiro atoms. The van der Waals surface area contributed by atoms with Gasteiger partial charge < -0.3 is 15.5 Å². The molecule has 0 bridgehead atoms. The van der Waals surface area contributed by atoms with E-state index in [1.807, 2.05) is 6.08 Å². The van der Waals surface area contributed by atoms with Crippen molar-refractivity contribution in [1.82, 2.24) is 5.32 Å². The van der Waals surface area contributed by atoms with Crippen LogP contribution in [-0.2, 0) is 4.79 Å². The summed E-state index contributed by atoms with van der Waals surface area (Å²) in [4.78, 5) is 12.5. The molecule has 0 aliphatic heterocycles. The number of allylic oxidation sites excluding steroid dienone is 9. The highest BCUT2D eigenvalue weighted by Crippen LogP contribution is 2.17. The first-order valence-corrected chi connectivity index (χ1v) is 29.5. The van der Waals surface area contributed by atoms with Gasteiger partial charge in [0.15, 0.2) is 0 Å². The second-order valence-electron chi connectivity index (χ2n) is 20.0. The van der Waals surface area contributed by atoms with Crippen molar-refractivity contribution in [2.75, 3.05) is 6.61 Å². The van der Waals surface area contributed by atoms with Crippen LogP contribution in [0, 0.1) is 0 Å². The number of rotatable bonds is 54. The number of carbonyl (C=O) groups is 1. The summed E-state index contributed by atoms with van der Waals surface area (Å²) < 4.78 is 0. The molecule has 0 aromatic carbocycles. The molecule has 4 nitrogen and oxygen atoms in total. The first-order chi connectivity index (χ1) is 32.7. The summed E-state index contributed by atoms with van der Waals surface area (Å²) >= 11 is 0. The molecule has 2 unspecified atom stereocenters. The van der Waals surface area contributed by atoms with Crippen LogP contribution < -0.4 is 5.32 Å². The maximum atomic E-state index is 12.5. The van der Waals surface area contributed by atoms with E-state index in [9.17, 15) is 15.0 Å². The summed E-state index contributed by atoms with van der Waals surface area (Å²) in [5, 5.41) is 23.2. The molecule has 3 N–H and O–H groups in total. The van der Waals surface area contributed by atoms with Crippen molar-refractivity contribution < 1.29 is 15.0 Å². The fourth-order valence-electron chi connectivity index (χ4n) is 9.06. The zero-order valence-corrected chi connectivity index (χ0v) is 44.5. The van der Waals surface area contributed by atoms with Crippen LogP contribution in [0.5, 0.6) is 0 Å². The zero-order valence-electron chi connectivity index (χ0n) is 44.5. The van der Waals surface area contributed by atoms with Crippen molar-refractivity contribution in [3.05, 3.63) is 60.8 Å². The molecular formula is C62H115NO3. The van der Waals surface area contributed by atoms with Crippen LogP contribution >= 0.6 is 0 Å². The van der Waals surface area contributed by atoms with Gasteiger partial charge in [-0.05, 0) is 57.8 Å². The maximum absolute atomic E-state index is 12.5. The lowest BCUT2D eigenvalue weighted by Gasteiger charge is -2.20. The van der Waals surface area contributed by atoms with Crippen LogP contribution in [0.3, 0.4) is 0 Å². The second-order valence-corrected chi connectivity index (χ2v) is 20.0. The number of hydrogen-bond acceptors (Lipinski definition) is 3. The van der Waals surface area contributed by atoms with Crippen LogP contribution in [0.15, 0.2) is 60.8 Å². The molecule has 1 amide bonds. The molecule has 2 atom stereocenters. The normalized spacial score (nSPS) is 13.2. The molecule has 0 rings (SSSR count). The highest BCUT2D eigenvalue weighted by molar-refractivity contribution is 5.76. The van der Waals surface area contributed by atoms with E-state index in [0.717, 1.165) is 51.4 Å². The van der Waals surface area contributed by atoms with E-state index in [1.165, 1.54) is 238 Å². The van der Waals surface area contributed by atoms with Gasteiger partial charge in [0, 0.05) is 6.42 Å². The van der Waals surface area contributed by atoms with E-state index in [4.69, 9.17) is 0 Å². The van der Waals surface area contributed by atoms with Gasteiger partial charge in [-0.3, -0.25) is 4.79 Å². The molecular weight excluding hydrogens is 807 g/mol. The Morgan fingerprint density at radius 2 is 0.667 bits per heavy atom. The minimum atomic E-state index is -0.842. The largest absolute Gasteiger partial charge is 0.394 e. The van der Waals surface area contributed by atoms with E-state index in [2.05, 4.69) is 67.8 Å². The average molecular weight is 923 g/mol. The molecule has 0 aromatic heterocycles. The van der Waals surface area contributed by atoms with Crippen LogP contribution in [0.4, 0.5) is 0 Å². The van der Waals surface area contributed by atoms with Crippen molar-refractivity contribution in [1.29, 1.82) is 0 Å². The van der Waals surface area contributed by atoms with E-state index < -0.39 is 12.1 Å².